The van der Waals surface area contributed by atoms with E-state index in [-0.39, 0.29) is 0 Å². The lowest BCUT2D eigenvalue weighted by molar-refractivity contribution is 0.401. The molecule has 0 aromatic carbocycles. The number of hydrazine groups is 1. The van der Waals surface area contributed by atoms with Crippen molar-refractivity contribution in [2.75, 3.05) is 19.6 Å². The quantitative estimate of drug-likeness (QED) is 0.291. The first-order valence-electron chi connectivity index (χ1n) is 5.06. The Morgan fingerprint density at radius 3 is 2.08 bits per heavy atom. The number of nitrogens with zero attached hydrogens (tertiary/aromatic N) is 2. The summed E-state index contributed by atoms with van der Waals surface area (Å²) in [4.78, 5) is 6.47. The van der Waals surface area contributed by atoms with Crippen LogP contribution in [0.25, 0.3) is 0 Å². The maximum absolute atomic E-state index is 5.40. The number of rotatable bonds is 5. The molecule has 0 amide bonds. The van der Waals surface area contributed by atoms with E-state index in [1.165, 1.54) is 0 Å². The Hall–Kier alpha value is -0.770. The summed E-state index contributed by atoms with van der Waals surface area (Å²) in [6.07, 6.45) is 2.23. The predicted molar refractivity (Wildman–Crippen MR) is 57.5 cm³/mol. The fraction of sp³-hybridized carbons (Fsp3) is 0.889. The average Bonchev–Trinajstić information content (AvgIpc) is 2.14. The molecule has 0 fully saturated rings. The summed E-state index contributed by atoms with van der Waals surface area (Å²) in [6.45, 7) is 9.11. The van der Waals surface area contributed by atoms with Crippen molar-refractivity contribution in [1.29, 1.82) is 0 Å². The van der Waals surface area contributed by atoms with Crippen molar-refractivity contribution in [2.45, 2.75) is 33.6 Å². The van der Waals surface area contributed by atoms with Gasteiger partial charge >= 0.3 is 0 Å². The second-order valence-corrected chi connectivity index (χ2v) is 2.93. The third-order valence-electron chi connectivity index (χ3n) is 1.72. The minimum absolute atomic E-state index is 0.767. The first-order valence-corrected chi connectivity index (χ1v) is 5.06. The minimum atomic E-state index is 0.767. The lowest BCUT2D eigenvalue weighted by atomic mass is 10.4. The van der Waals surface area contributed by atoms with Gasteiger partial charge in [-0.05, 0) is 19.8 Å². The highest BCUT2D eigenvalue weighted by Crippen LogP contribution is 1.94. The van der Waals surface area contributed by atoms with Crippen molar-refractivity contribution < 1.29 is 0 Å². The summed E-state index contributed by atoms with van der Waals surface area (Å²) in [5, 5.41) is 0. The van der Waals surface area contributed by atoms with E-state index in [2.05, 4.69) is 29.2 Å². The van der Waals surface area contributed by atoms with E-state index in [0.29, 0.717) is 0 Å². The van der Waals surface area contributed by atoms with Gasteiger partial charge in [0.25, 0.3) is 0 Å². The van der Waals surface area contributed by atoms with Crippen LogP contribution in [0.15, 0.2) is 4.99 Å². The summed E-state index contributed by atoms with van der Waals surface area (Å²) >= 11 is 0. The molecule has 0 bridgehead atoms. The van der Waals surface area contributed by atoms with Crippen LogP contribution in [0.1, 0.15) is 33.6 Å². The molecule has 0 radical (unpaired) electrons. The van der Waals surface area contributed by atoms with E-state index >= 15 is 0 Å². The molecule has 3 N–H and O–H groups in total. The molecule has 0 saturated heterocycles. The smallest absolute Gasteiger partial charge is 0.208 e. The zero-order chi connectivity index (χ0) is 10.1. The Balaban J connectivity index is 4.20. The zero-order valence-electron chi connectivity index (χ0n) is 9.01. The molecule has 4 nitrogen and oxygen atoms in total. The van der Waals surface area contributed by atoms with Gasteiger partial charge < -0.3 is 4.90 Å². The molecule has 4 heteroatoms. The zero-order valence-corrected chi connectivity index (χ0v) is 9.01. The van der Waals surface area contributed by atoms with Crippen LogP contribution >= 0.6 is 0 Å². The highest BCUT2D eigenvalue weighted by Gasteiger charge is 2.06. The van der Waals surface area contributed by atoms with Gasteiger partial charge in [-0.3, -0.25) is 10.4 Å². The molecule has 0 rings (SSSR count). The van der Waals surface area contributed by atoms with Gasteiger partial charge in [-0.25, -0.2) is 5.84 Å². The Morgan fingerprint density at radius 2 is 1.77 bits per heavy atom. The van der Waals surface area contributed by atoms with Crippen LogP contribution < -0.4 is 11.3 Å². The fourth-order valence-corrected chi connectivity index (χ4v) is 1.25. The van der Waals surface area contributed by atoms with Crippen molar-refractivity contribution in [3.8, 4) is 0 Å². The van der Waals surface area contributed by atoms with Crippen LogP contribution in [0.5, 0.6) is 0 Å². The van der Waals surface area contributed by atoms with Gasteiger partial charge in [0, 0.05) is 19.6 Å². The van der Waals surface area contributed by atoms with E-state index < -0.39 is 0 Å². The maximum Gasteiger partial charge on any atom is 0.208 e. The average molecular weight is 186 g/mol. The summed E-state index contributed by atoms with van der Waals surface area (Å²) < 4.78 is 0. The first kappa shape index (κ1) is 12.2. The molecule has 0 aliphatic rings. The van der Waals surface area contributed by atoms with Crippen LogP contribution in [0.2, 0.25) is 0 Å². The molecule has 0 aliphatic carbocycles. The molecule has 0 aromatic heterocycles. The number of hydrogen-bond donors (Lipinski definition) is 2. The van der Waals surface area contributed by atoms with E-state index in [4.69, 9.17) is 5.84 Å². The van der Waals surface area contributed by atoms with Gasteiger partial charge in [-0.2, -0.15) is 0 Å². The molecule has 0 aromatic rings. The van der Waals surface area contributed by atoms with Crippen LogP contribution in [-0.2, 0) is 0 Å². The maximum atomic E-state index is 5.40. The molecule has 0 heterocycles. The molecule has 0 aliphatic heterocycles. The topological polar surface area (TPSA) is 53.6 Å². The Kier molecular flexibility index (Phi) is 7.39. The molecular weight excluding hydrogens is 164 g/mol. The second-order valence-electron chi connectivity index (χ2n) is 2.93. The van der Waals surface area contributed by atoms with Crippen molar-refractivity contribution >= 4 is 5.96 Å². The Labute approximate surface area is 81.2 Å². The lowest BCUT2D eigenvalue weighted by Gasteiger charge is -2.24. The van der Waals surface area contributed by atoms with Crippen LogP contribution in [-0.4, -0.2) is 30.5 Å². The number of hydrogen-bond acceptors (Lipinski definition) is 2. The summed E-state index contributed by atoms with van der Waals surface area (Å²) in [5.74, 6) is 6.21. The summed E-state index contributed by atoms with van der Waals surface area (Å²) in [6, 6.07) is 0. The summed E-state index contributed by atoms with van der Waals surface area (Å²) in [5.41, 5.74) is 2.65. The van der Waals surface area contributed by atoms with Crippen molar-refractivity contribution in [3.63, 3.8) is 0 Å². The van der Waals surface area contributed by atoms with Crippen molar-refractivity contribution in [2.24, 2.45) is 10.8 Å². The van der Waals surface area contributed by atoms with Gasteiger partial charge in [0.05, 0.1) is 0 Å². The Bertz CT molecular complexity index is 139. The standard InChI is InChI=1S/C9H22N4/c1-4-7-13(8-5-2)9(12-10)11-6-3/h4-8,10H2,1-3H3,(H,11,12). The Morgan fingerprint density at radius 1 is 1.23 bits per heavy atom. The number of aliphatic imine (C=N–C) groups is 1. The van der Waals surface area contributed by atoms with Crippen LogP contribution in [0, 0.1) is 0 Å². The predicted octanol–water partition coefficient (Wildman–Crippen LogP) is 0.948. The molecule has 0 atom stereocenters. The number of guanidine groups is 1. The van der Waals surface area contributed by atoms with Crippen LogP contribution in [0.3, 0.4) is 0 Å². The monoisotopic (exact) mass is 186 g/mol. The van der Waals surface area contributed by atoms with Gasteiger partial charge in [-0.1, -0.05) is 13.8 Å². The second kappa shape index (κ2) is 7.86. The molecule has 0 unspecified atom stereocenters. The third-order valence-corrected chi connectivity index (χ3v) is 1.72. The highest BCUT2D eigenvalue weighted by atomic mass is 15.4. The highest BCUT2D eigenvalue weighted by molar-refractivity contribution is 5.79. The van der Waals surface area contributed by atoms with Gasteiger partial charge in [-0.15, -0.1) is 0 Å². The number of nitrogens with two attached hydrogens (primary N) is 1. The molecule has 0 spiro atoms. The van der Waals surface area contributed by atoms with E-state index in [1.807, 2.05) is 6.92 Å². The molecule has 78 valence electrons. The largest absolute Gasteiger partial charge is 0.342 e. The van der Waals surface area contributed by atoms with E-state index in [1.54, 1.807) is 0 Å². The first-order chi connectivity index (χ1) is 6.29. The summed E-state index contributed by atoms with van der Waals surface area (Å²) in [7, 11) is 0. The minimum Gasteiger partial charge on any atom is -0.342 e. The number of nitrogens with one attached hydrogen (secondary N) is 1. The van der Waals surface area contributed by atoms with Crippen LogP contribution in [0.4, 0.5) is 0 Å². The van der Waals surface area contributed by atoms with Crippen molar-refractivity contribution in [3.05, 3.63) is 0 Å². The molecular formula is C9H22N4. The van der Waals surface area contributed by atoms with E-state index in [9.17, 15) is 0 Å². The van der Waals surface area contributed by atoms with Gasteiger partial charge in [0.15, 0.2) is 0 Å². The van der Waals surface area contributed by atoms with Crippen molar-refractivity contribution in [1.82, 2.24) is 10.3 Å². The van der Waals surface area contributed by atoms with Gasteiger partial charge in [0.1, 0.15) is 0 Å². The lowest BCUT2D eigenvalue weighted by Crippen LogP contribution is -2.45. The molecule has 0 saturated carbocycles. The van der Waals surface area contributed by atoms with E-state index in [0.717, 1.165) is 38.4 Å². The fourth-order valence-electron chi connectivity index (χ4n) is 1.25. The normalized spacial score (nSPS) is 11.5. The molecule has 13 heavy (non-hydrogen) atoms. The SMILES string of the molecule is CCCN(CCC)C(=NCC)NN. The van der Waals surface area contributed by atoms with Gasteiger partial charge in [0.2, 0.25) is 5.96 Å². The third kappa shape index (κ3) is 4.72.